The van der Waals surface area contributed by atoms with Crippen molar-refractivity contribution in [2.75, 3.05) is 27.3 Å². The van der Waals surface area contributed by atoms with Crippen LogP contribution < -0.4 is 14.8 Å². The molecule has 1 heterocycles. The van der Waals surface area contributed by atoms with Crippen LogP contribution in [0.3, 0.4) is 0 Å². The molecule has 0 radical (unpaired) electrons. The lowest BCUT2D eigenvalue weighted by atomic mass is 9.90. The molecule has 1 aliphatic heterocycles. The van der Waals surface area contributed by atoms with Gasteiger partial charge in [0.2, 0.25) is 0 Å². The molecule has 2 rings (SSSR count). The number of ether oxygens (including phenoxy) is 2. The van der Waals surface area contributed by atoms with Gasteiger partial charge in [0.25, 0.3) is 0 Å². The Morgan fingerprint density at radius 1 is 1.11 bits per heavy atom. The molecule has 19 heavy (non-hydrogen) atoms. The van der Waals surface area contributed by atoms with Gasteiger partial charge in [-0.2, -0.15) is 0 Å². The van der Waals surface area contributed by atoms with Crippen molar-refractivity contribution < 1.29 is 13.9 Å². The van der Waals surface area contributed by atoms with Crippen molar-refractivity contribution in [3.8, 4) is 11.5 Å². The van der Waals surface area contributed by atoms with E-state index in [0.717, 1.165) is 30.8 Å². The second kappa shape index (κ2) is 6.75. The fraction of sp³-hybridized carbons (Fsp3) is 0.600. The van der Waals surface area contributed by atoms with Crippen molar-refractivity contribution in [2.45, 2.75) is 25.9 Å². The van der Waals surface area contributed by atoms with Gasteiger partial charge in [0, 0.05) is 11.6 Å². The number of hydrogen-bond acceptors (Lipinski definition) is 3. The smallest absolute Gasteiger partial charge is 0.128 e. The zero-order valence-electron chi connectivity index (χ0n) is 11.7. The van der Waals surface area contributed by atoms with Crippen molar-refractivity contribution in [3.05, 3.63) is 23.3 Å². The van der Waals surface area contributed by atoms with E-state index in [1.807, 2.05) is 6.07 Å². The van der Waals surface area contributed by atoms with Crippen LogP contribution in [0.15, 0.2) is 12.1 Å². The summed E-state index contributed by atoms with van der Waals surface area (Å²) in [6.07, 6.45) is 3.28. The molecule has 3 nitrogen and oxygen atoms in total. The summed E-state index contributed by atoms with van der Waals surface area (Å²) in [7, 11) is 3.20. The third-order valence-electron chi connectivity index (χ3n) is 3.79. The number of piperidine rings is 1. The van der Waals surface area contributed by atoms with Crippen molar-refractivity contribution in [3.63, 3.8) is 0 Å². The lowest BCUT2D eigenvalue weighted by Gasteiger charge is -2.24. The zero-order valence-corrected chi connectivity index (χ0v) is 11.7. The van der Waals surface area contributed by atoms with Gasteiger partial charge in [-0.15, -0.1) is 0 Å². The Morgan fingerprint density at radius 2 is 1.74 bits per heavy atom. The van der Waals surface area contributed by atoms with Crippen molar-refractivity contribution in [2.24, 2.45) is 5.92 Å². The molecule has 0 aromatic heterocycles. The maximum atomic E-state index is 13.0. The van der Waals surface area contributed by atoms with Crippen LogP contribution in [0.2, 0.25) is 0 Å². The van der Waals surface area contributed by atoms with E-state index < -0.39 is 6.67 Å². The second-order valence-electron chi connectivity index (χ2n) is 5.01. The molecule has 0 aliphatic carbocycles. The third-order valence-corrected chi connectivity index (χ3v) is 3.79. The number of benzene rings is 1. The molecule has 1 aromatic carbocycles. The number of alkyl halides is 1. The molecule has 0 unspecified atom stereocenters. The minimum atomic E-state index is -0.508. The van der Waals surface area contributed by atoms with E-state index in [9.17, 15) is 4.39 Å². The van der Waals surface area contributed by atoms with Crippen LogP contribution in [0.25, 0.3) is 0 Å². The van der Waals surface area contributed by atoms with Gasteiger partial charge in [0.05, 0.1) is 14.2 Å². The van der Waals surface area contributed by atoms with E-state index in [-0.39, 0.29) is 0 Å². The minimum Gasteiger partial charge on any atom is -0.496 e. The molecule has 1 N–H and O–H groups in total. The normalized spacial score (nSPS) is 16.4. The van der Waals surface area contributed by atoms with Gasteiger partial charge in [-0.1, -0.05) is 0 Å². The number of halogens is 1. The lowest BCUT2D eigenvalue weighted by molar-refractivity contribution is 0.355. The first-order valence-corrected chi connectivity index (χ1v) is 6.79. The van der Waals surface area contributed by atoms with Crippen LogP contribution in [0.4, 0.5) is 4.39 Å². The number of methoxy groups -OCH3 is 2. The summed E-state index contributed by atoms with van der Waals surface area (Å²) in [6, 6.07) is 3.69. The van der Waals surface area contributed by atoms with Crippen LogP contribution in [0, 0.1) is 5.92 Å². The van der Waals surface area contributed by atoms with Crippen LogP contribution in [-0.2, 0) is 13.1 Å². The highest BCUT2D eigenvalue weighted by molar-refractivity contribution is 5.46. The molecule has 0 spiro atoms. The molecule has 0 amide bonds. The van der Waals surface area contributed by atoms with Gasteiger partial charge in [-0.05, 0) is 49.9 Å². The van der Waals surface area contributed by atoms with E-state index >= 15 is 0 Å². The molecule has 1 aliphatic rings. The SMILES string of the molecule is COc1cc(OC)c(CC2CCNCC2)cc1CF. The average Bonchev–Trinajstić information content (AvgIpc) is 2.47. The van der Waals surface area contributed by atoms with Gasteiger partial charge in [-0.25, -0.2) is 4.39 Å². The fourth-order valence-electron chi connectivity index (χ4n) is 2.70. The quantitative estimate of drug-likeness (QED) is 0.889. The first kappa shape index (κ1) is 14.1. The monoisotopic (exact) mass is 267 g/mol. The van der Waals surface area contributed by atoms with E-state index in [2.05, 4.69) is 5.32 Å². The van der Waals surface area contributed by atoms with Gasteiger partial charge in [0.1, 0.15) is 18.2 Å². The van der Waals surface area contributed by atoms with Gasteiger partial charge < -0.3 is 14.8 Å². The summed E-state index contributed by atoms with van der Waals surface area (Å²) < 4.78 is 23.6. The summed E-state index contributed by atoms with van der Waals surface area (Å²) >= 11 is 0. The Hall–Kier alpha value is -1.29. The van der Waals surface area contributed by atoms with Crippen molar-refractivity contribution in [1.29, 1.82) is 0 Å². The third kappa shape index (κ3) is 3.38. The Kier molecular flexibility index (Phi) is 5.02. The number of nitrogens with one attached hydrogen (secondary N) is 1. The largest absolute Gasteiger partial charge is 0.496 e. The maximum Gasteiger partial charge on any atom is 0.128 e. The predicted molar refractivity (Wildman–Crippen MR) is 73.7 cm³/mol. The number of hydrogen-bond donors (Lipinski definition) is 1. The molecule has 4 heteroatoms. The van der Waals surface area contributed by atoms with E-state index in [1.54, 1.807) is 20.3 Å². The summed E-state index contributed by atoms with van der Waals surface area (Å²) in [6.45, 7) is 1.63. The topological polar surface area (TPSA) is 30.5 Å². The Labute approximate surface area is 114 Å². The summed E-state index contributed by atoms with van der Waals surface area (Å²) in [5.41, 5.74) is 1.69. The molecule has 1 saturated heterocycles. The maximum absolute atomic E-state index is 13.0. The molecule has 0 bridgehead atoms. The van der Waals surface area contributed by atoms with Gasteiger partial charge >= 0.3 is 0 Å². The zero-order chi connectivity index (χ0) is 13.7. The number of rotatable bonds is 5. The average molecular weight is 267 g/mol. The van der Waals surface area contributed by atoms with Crippen molar-refractivity contribution in [1.82, 2.24) is 5.32 Å². The Morgan fingerprint density at radius 3 is 2.32 bits per heavy atom. The Balaban J connectivity index is 2.21. The van der Waals surface area contributed by atoms with Gasteiger partial charge in [0.15, 0.2) is 0 Å². The summed E-state index contributed by atoms with van der Waals surface area (Å²) in [5.74, 6) is 2.01. The molecule has 0 saturated carbocycles. The molecule has 1 aromatic rings. The van der Waals surface area contributed by atoms with E-state index in [1.165, 1.54) is 12.8 Å². The van der Waals surface area contributed by atoms with Crippen LogP contribution in [0.1, 0.15) is 24.0 Å². The highest BCUT2D eigenvalue weighted by Crippen LogP contribution is 2.32. The molecular formula is C15H22FNO2. The Bertz CT molecular complexity index is 417. The van der Waals surface area contributed by atoms with Crippen molar-refractivity contribution >= 4 is 0 Å². The first-order valence-electron chi connectivity index (χ1n) is 6.79. The van der Waals surface area contributed by atoms with E-state index in [0.29, 0.717) is 17.2 Å². The summed E-state index contributed by atoms with van der Waals surface area (Å²) in [5, 5.41) is 3.36. The first-order chi connectivity index (χ1) is 9.28. The highest BCUT2D eigenvalue weighted by atomic mass is 19.1. The van der Waals surface area contributed by atoms with Crippen LogP contribution in [-0.4, -0.2) is 27.3 Å². The summed E-state index contributed by atoms with van der Waals surface area (Å²) in [4.78, 5) is 0. The predicted octanol–water partition coefficient (Wildman–Crippen LogP) is 2.72. The van der Waals surface area contributed by atoms with Gasteiger partial charge in [-0.3, -0.25) is 0 Å². The second-order valence-corrected chi connectivity index (χ2v) is 5.01. The molecule has 0 atom stereocenters. The van der Waals surface area contributed by atoms with Crippen LogP contribution in [0.5, 0.6) is 11.5 Å². The van der Waals surface area contributed by atoms with Crippen LogP contribution >= 0.6 is 0 Å². The standard InChI is InChI=1S/C15H22FNO2/c1-18-14-9-15(19-2)13(10-16)8-12(14)7-11-3-5-17-6-4-11/h8-9,11,17H,3-7,10H2,1-2H3. The molecule has 106 valence electrons. The minimum absolute atomic E-state index is 0.508. The fourth-order valence-corrected chi connectivity index (χ4v) is 2.70. The lowest BCUT2D eigenvalue weighted by Crippen LogP contribution is -2.28. The highest BCUT2D eigenvalue weighted by Gasteiger charge is 2.18. The van der Waals surface area contributed by atoms with E-state index in [4.69, 9.17) is 9.47 Å². The molecule has 1 fully saturated rings. The molecular weight excluding hydrogens is 245 g/mol.